The van der Waals surface area contributed by atoms with E-state index < -0.39 is 0 Å². The molecular weight excluding hydrogens is 354 g/mol. The van der Waals surface area contributed by atoms with E-state index in [1.165, 1.54) is 12.0 Å². The largest absolute Gasteiger partial charge is 0.494 e. The molecule has 1 heterocycles. The highest BCUT2D eigenvalue weighted by Crippen LogP contribution is 2.22. The molecular formula is C22H27N3OS. The van der Waals surface area contributed by atoms with Crippen LogP contribution in [0.2, 0.25) is 0 Å². The molecule has 0 amide bonds. The highest BCUT2D eigenvalue weighted by atomic mass is 32.1. The number of aromatic nitrogens is 1. The third-order valence-electron chi connectivity index (χ3n) is 4.66. The van der Waals surface area contributed by atoms with Crippen molar-refractivity contribution in [1.29, 1.82) is 0 Å². The average Bonchev–Trinajstić information content (AvgIpc) is 2.71. The minimum absolute atomic E-state index is 0.631. The van der Waals surface area contributed by atoms with Crippen molar-refractivity contribution >= 4 is 23.0 Å². The Morgan fingerprint density at radius 3 is 2.78 bits per heavy atom. The summed E-state index contributed by atoms with van der Waals surface area (Å²) in [5.74, 6) is 1.50. The number of ether oxygens (including phenoxy) is 1. The Labute approximate surface area is 167 Å². The molecule has 0 bridgehead atoms. The van der Waals surface area contributed by atoms with Crippen LogP contribution < -0.4 is 10.1 Å². The van der Waals surface area contributed by atoms with Crippen molar-refractivity contribution < 1.29 is 4.74 Å². The van der Waals surface area contributed by atoms with E-state index in [9.17, 15) is 0 Å². The second kappa shape index (κ2) is 10.1. The summed E-state index contributed by atoms with van der Waals surface area (Å²) < 4.78 is 5.51. The van der Waals surface area contributed by atoms with Crippen molar-refractivity contribution in [2.45, 2.75) is 32.7 Å². The summed E-state index contributed by atoms with van der Waals surface area (Å²) in [5, 5.41) is 4.13. The normalized spacial score (nSPS) is 16.0. The predicted octanol–water partition coefficient (Wildman–Crippen LogP) is 5.04. The van der Waals surface area contributed by atoms with Gasteiger partial charge in [0, 0.05) is 31.2 Å². The lowest BCUT2D eigenvalue weighted by molar-refractivity contribution is 0.319. The van der Waals surface area contributed by atoms with Gasteiger partial charge in [0.25, 0.3) is 0 Å². The first kappa shape index (κ1) is 19.4. The Morgan fingerprint density at radius 2 is 2.11 bits per heavy atom. The van der Waals surface area contributed by atoms with E-state index in [0.29, 0.717) is 12.5 Å². The molecule has 0 fully saturated rings. The fraction of sp³-hybridized carbons (Fsp3) is 0.364. The van der Waals surface area contributed by atoms with Crippen molar-refractivity contribution in [3.05, 3.63) is 66.5 Å². The van der Waals surface area contributed by atoms with Gasteiger partial charge in [0.2, 0.25) is 0 Å². The third-order valence-corrected chi connectivity index (χ3v) is 5.02. The van der Waals surface area contributed by atoms with E-state index >= 15 is 0 Å². The first-order valence-electron chi connectivity index (χ1n) is 9.57. The van der Waals surface area contributed by atoms with Gasteiger partial charge in [-0.25, -0.2) is 0 Å². The van der Waals surface area contributed by atoms with Gasteiger partial charge in [-0.15, -0.1) is 0 Å². The van der Waals surface area contributed by atoms with E-state index in [-0.39, 0.29) is 0 Å². The molecule has 2 aromatic rings. The summed E-state index contributed by atoms with van der Waals surface area (Å²) in [6.07, 6.45) is 11.8. The smallest absolute Gasteiger partial charge is 0.173 e. The summed E-state index contributed by atoms with van der Waals surface area (Å²) in [4.78, 5) is 6.50. The predicted molar refractivity (Wildman–Crippen MR) is 115 cm³/mol. The molecule has 1 unspecified atom stereocenters. The molecule has 5 heteroatoms. The lowest BCUT2D eigenvalue weighted by Gasteiger charge is -2.30. The lowest BCUT2D eigenvalue weighted by Crippen LogP contribution is -2.38. The molecule has 4 nitrogen and oxygen atoms in total. The van der Waals surface area contributed by atoms with Gasteiger partial charge in [-0.3, -0.25) is 4.98 Å². The van der Waals surface area contributed by atoms with Crippen molar-refractivity contribution in [2.24, 2.45) is 5.92 Å². The van der Waals surface area contributed by atoms with Crippen LogP contribution in [0.15, 0.2) is 60.9 Å². The van der Waals surface area contributed by atoms with Crippen LogP contribution in [-0.2, 0) is 6.54 Å². The van der Waals surface area contributed by atoms with Crippen LogP contribution in [-0.4, -0.2) is 28.1 Å². The maximum atomic E-state index is 5.75. The van der Waals surface area contributed by atoms with E-state index in [2.05, 4.69) is 33.4 Å². The minimum Gasteiger partial charge on any atom is -0.494 e. The van der Waals surface area contributed by atoms with Crippen LogP contribution in [0, 0.1) is 5.92 Å². The van der Waals surface area contributed by atoms with Gasteiger partial charge >= 0.3 is 0 Å². The molecule has 1 N–H and O–H groups in total. The second-order valence-corrected chi connectivity index (χ2v) is 7.17. The molecule has 0 saturated carbocycles. The monoisotopic (exact) mass is 381 g/mol. The fourth-order valence-corrected chi connectivity index (χ4v) is 3.53. The number of pyridine rings is 1. The number of benzene rings is 1. The quantitative estimate of drug-likeness (QED) is 0.537. The van der Waals surface area contributed by atoms with Gasteiger partial charge in [0.1, 0.15) is 5.75 Å². The number of nitrogens with zero attached hydrogens (tertiary/aromatic N) is 2. The van der Waals surface area contributed by atoms with E-state index in [0.717, 1.165) is 42.5 Å². The van der Waals surface area contributed by atoms with Gasteiger partial charge < -0.3 is 15.0 Å². The number of hydrogen-bond donors (Lipinski definition) is 1. The van der Waals surface area contributed by atoms with Gasteiger partial charge in [-0.1, -0.05) is 18.2 Å². The molecule has 1 aromatic carbocycles. The summed E-state index contributed by atoms with van der Waals surface area (Å²) in [7, 11) is 0. The Bertz CT molecular complexity index is 746. The highest BCUT2D eigenvalue weighted by molar-refractivity contribution is 7.80. The van der Waals surface area contributed by atoms with Crippen LogP contribution in [0.3, 0.4) is 0 Å². The number of hydrogen-bond acceptors (Lipinski definition) is 3. The summed E-state index contributed by atoms with van der Waals surface area (Å²) >= 11 is 5.75. The molecule has 3 rings (SSSR count). The lowest BCUT2D eigenvalue weighted by atomic mass is 9.94. The van der Waals surface area contributed by atoms with E-state index in [4.69, 9.17) is 17.0 Å². The van der Waals surface area contributed by atoms with Crippen LogP contribution in [0.1, 0.15) is 31.7 Å². The zero-order chi connectivity index (χ0) is 18.9. The zero-order valence-electron chi connectivity index (χ0n) is 15.8. The summed E-state index contributed by atoms with van der Waals surface area (Å²) in [5.41, 5.74) is 2.14. The second-order valence-electron chi connectivity index (χ2n) is 6.78. The van der Waals surface area contributed by atoms with Crippen LogP contribution in [0.5, 0.6) is 5.75 Å². The van der Waals surface area contributed by atoms with Crippen molar-refractivity contribution in [2.75, 3.05) is 18.5 Å². The molecule has 0 aliphatic heterocycles. The van der Waals surface area contributed by atoms with Crippen LogP contribution >= 0.6 is 12.2 Å². The number of thiocarbonyl (C=S) groups is 1. The van der Waals surface area contributed by atoms with Crippen molar-refractivity contribution in [3.63, 3.8) is 0 Å². The molecule has 27 heavy (non-hydrogen) atoms. The van der Waals surface area contributed by atoms with Gasteiger partial charge in [-0.05, 0) is 80.2 Å². The molecule has 0 radical (unpaired) electrons. The maximum absolute atomic E-state index is 5.75. The van der Waals surface area contributed by atoms with E-state index in [1.54, 1.807) is 6.20 Å². The zero-order valence-corrected chi connectivity index (χ0v) is 16.6. The topological polar surface area (TPSA) is 37.4 Å². The highest BCUT2D eigenvalue weighted by Gasteiger charge is 2.18. The van der Waals surface area contributed by atoms with E-state index in [1.807, 2.05) is 43.5 Å². The molecule has 142 valence electrons. The number of allylic oxidation sites excluding steroid dienone is 2. The summed E-state index contributed by atoms with van der Waals surface area (Å²) in [6, 6.07) is 12.0. The first-order chi connectivity index (χ1) is 13.2. The van der Waals surface area contributed by atoms with Crippen molar-refractivity contribution in [1.82, 2.24) is 9.88 Å². The molecule has 0 saturated heterocycles. The molecule has 1 aliphatic rings. The maximum Gasteiger partial charge on any atom is 0.173 e. The molecule has 1 aromatic heterocycles. The van der Waals surface area contributed by atoms with Gasteiger partial charge in [0.05, 0.1) is 6.61 Å². The van der Waals surface area contributed by atoms with Crippen LogP contribution in [0.4, 0.5) is 5.69 Å². The third kappa shape index (κ3) is 6.07. The minimum atomic E-state index is 0.631. The van der Waals surface area contributed by atoms with Gasteiger partial charge in [0.15, 0.2) is 5.11 Å². The molecule has 1 atom stereocenters. The average molecular weight is 382 g/mol. The van der Waals surface area contributed by atoms with Gasteiger partial charge in [-0.2, -0.15) is 0 Å². The molecule has 0 spiro atoms. The number of nitrogens with one attached hydrogen (secondary N) is 1. The van der Waals surface area contributed by atoms with Crippen molar-refractivity contribution in [3.8, 4) is 5.75 Å². The first-order valence-corrected chi connectivity index (χ1v) is 9.98. The van der Waals surface area contributed by atoms with Crippen LogP contribution in [0.25, 0.3) is 0 Å². The fourth-order valence-electron chi connectivity index (χ4n) is 3.27. The standard InChI is InChI=1S/C22H27N3OS/c1-2-26-21-12-10-20(11-13-21)24-22(27)25(16-18-7-4-3-5-8-18)17-19-9-6-14-23-15-19/h3-4,6,9-15,18H,2,5,7-8,16-17H2,1H3,(H,24,27). The summed E-state index contributed by atoms with van der Waals surface area (Å²) in [6.45, 7) is 4.36. The Morgan fingerprint density at radius 1 is 1.26 bits per heavy atom. The Balaban J connectivity index is 1.67. The number of rotatable bonds is 7. The SMILES string of the molecule is CCOc1ccc(NC(=S)N(Cc2cccnc2)CC2CC=CCC2)cc1. The Kier molecular flexibility index (Phi) is 7.22. The Hall–Kier alpha value is -2.40. The number of anilines is 1. The molecule has 1 aliphatic carbocycles.